The molecule has 0 unspecified atom stereocenters. The predicted molar refractivity (Wildman–Crippen MR) is 38.1 cm³/mol. The summed E-state index contributed by atoms with van der Waals surface area (Å²) in [5.41, 5.74) is 0.0453. The van der Waals surface area contributed by atoms with Crippen molar-refractivity contribution in [3.05, 3.63) is 11.6 Å². The molecule has 1 aliphatic carbocycles. The minimum absolute atomic E-state index is 0.0453. The Morgan fingerprint density at radius 1 is 1.33 bits per heavy atom. The van der Waals surface area contributed by atoms with Crippen LogP contribution in [-0.2, 0) is 0 Å². The lowest BCUT2D eigenvalue weighted by molar-refractivity contribution is -0.0602. The van der Waals surface area contributed by atoms with E-state index in [1.165, 1.54) is 0 Å². The Hall–Kier alpha value is -0.490. The van der Waals surface area contributed by atoms with Crippen LogP contribution >= 0.6 is 0 Å². The molecule has 0 aromatic heterocycles. The van der Waals surface area contributed by atoms with Crippen LogP contribution < -0.4 is 0 Å². The van der Waals surface area contributed by atoms with Crippen LogP contribution in [0, 0.1) is 0 Å². The van der Waals surface area contributed by atoms with Gasteiger partial charge in [-0.15, -0.1) is 0 Å². The first-order valence-electron chi connectivity index (χ1n) is 3.57. The van der Waals surface area contributed by atoms with E-state index in [0.717, 1.165) is 6.08 Å². The van der Waals surface area contributed by atoms with Crippen LogP contribution in [0.4, 0.5) is 4.39 Å². The monoisotopic (exact) mass is 178 g/mol. The Morgan fingerprint density at radius 2 is 1.92 bits per heavy atom. The number of alkyl halides is 1. The first kappa shape index (κ1) is 9.60. The van der Waals surface area contributed by atoms with Crippen molar-refractivity contribution in [3.63, 3.8) is 0 Å². The van der Waals surface area contributed by atoms with Gasteiger partial charge >= 0.3 is 0 Å². The smallest absolute Gasteiger partial charge is 0.158 e. The normalized spacial score (nSPS) is 42.6. The zero-order valence-electron chi connectivity index (χ0n) is 6.26. The highest BCUT2D eigenvalue weighted by molar-refractivity contribution is 5.19. The molecule has 0 amide bonds. The summed E-state index contributed by atoms with van der Waals surface area (Å²) in [6, 6.07) is 0. The Kier molecular flexibility index (Phi) is 2.79. The van der Waals surface area contributed by atoms with E-state index in [-0.39, 0.29) is 5.57 Å². The van der Waals surface area contributed by atoms with Crippen LogP contribution in [0.5, 0.6) is 0 Å². The molecule has 5 heteroatoms. The van der Waals surface area contributed by atoms with Crippen molar-refractivity contribution in [1.29, 1.82) is 0 Å². The summed E-state index contributed by atoms with van der Waals surface area (Å²) >= 11 is 0. The molecular weight excluding hydrogens is 167 g/mol. The Morgan fingerprint density at radius 3 is 2.42 bits per heavy atom. The fourth-order valence-corrected chi connectivity index (χ4v) is 1.15. The van der Waals surface area contributed by atoms with Crippen LogP contribution in [0.1, 0.15) is 0 Å². The van der Waals surface area contributed by atoms with Gasteiger partial charge in [-0.1, -0.05) is 0 Å². The van der Waals surface area contributed by atoms with Crippen LogP contribution in [0.2, 0.25) is 0 Å². The average molecular weight is 178 g/mol. The van der Waals surface area contributed by atoms with Gasteiger partial charge in [-0.2, -0.15) is 0 Å². The van der Waals surface area contributed by atoms with Crippen LogP contribution in [0.25, 0.3) is 0 Å². The van der Waals surface area contributed by atoms with Gasteiger partial charge in [0.1, 0.15) is 18.3 Å². The summed E-state index contributed by atoms with van der Waals surface area (Å²) in [6.45, 7) is -0.498. The molecule has 4 nitrogen and oxygen atoms in total. The molecule has 0 radical (unpaired) electrons. The van der Waals surface area contributed by atoms with Gasteiger partial charge in [0, 0.05) is 0 Å². The summed E-state index contributed by atoms with van der Waals surface area (Å²) in [6.07, 6.45) is -5.41. The highest BCUT2D eigenvalue weighted by atomic mass is 19.1. The molecule has 12 heavy (non-hydrogen) atoms. The fraction of sp³-hybridized carbons (Fsp3) is 0.714. The van der Waals surface area contributed by atoms with Gasteiger partial charge in [-0.05, 0) is 11.6 Å². The third-order valence-electron chi connectivity index (χ3n) is 1.92. The fourth-order valence-electron chi connectivity index (χ4n) is 1.15. The number of hydrogen-bond acceptors (Lipinski definition) is 4. The standard InChI is InChI=1S/C7H11FO4/c8-5-4(10)1-3(2-9)6(11)7(5)12/h1,4-7,9-12H,2H2/t4-,5+,6+,7-/m1/s1. The molecule has 1 rings (SSSR count). The number of aliphatic hydroxyl groups excluding tert-OH is 4. The van der Waals surface area contributed by atoms with Crippen molar-refractivity contribution in [1.82, 2.24) is 0 Å². The summed E-state index contributed by atoms with van der Waals surface area (Å²) in [7, 11) is 0. The van der Waals surface area contributed by atoms with E-state index in [4.69, 9.17) is 20.4 Å². The predicted octanol–water partition coefficient (Wildman–Crippen LogP) is -1.66. The number of aliphatic hydroxyl groups is 4. The number of hydrogen-bond donors (Lipinski definition) is 4. The second-order valence-corrected chi connectivity index (χ2v) is 2.77. The first-order chi connectivity index (χ1) is 5.57. The molecule has 70 valence electrons. The maximum atomic E-state index is 12.7. The summed E-state index contributed by atoms with van der Waals surface area (Å²) < 4.78 is 12.7. The third-order valence-corrected chi connectivity index (χ3v) is 1.92. The Bertz CT molecular complexity index is 194. The molecule has 0 aliphatic heterocycles. The summed E-state index contributed by atoms with van der Waals surface area (Å²) in [4.78, 5) is 0. The molecule has 0 aromatic rings. The largest absolute Gasteiger partial charge is 0.392 e. The zero-order chi connectivity index (χ0) is 9.30. The topological polar surface area (TPSA) is 80.9 Å². The van der Waals surface area contributed by atoms with E-state index in [2.05, 4.69) is 0 Å². The first-order valence-corrected chi connectivity index (χ1v) is 3.57. The highest BCUT2D eigenvalue weighted by Gasteiger charge is 2.37. The third kappa shape index (κ3) is 1.49. The molecule has 0 heterocycles. The van der Waals surface area contributed by atoms with Gasteiger partial charge in [0.25, 0.3) is 0 Å². The minimum atomic E-state index is -1.89. The van der Waals surface area contributed by atoms with Gasteiger partial charge in [-0.25, -0.2) is 4.39 Å². The van der Waals surface area contributed by atoms with E-state index < -0.39 is 31.1 Å². The van der Waals surface area contributed by atoms with Crippen LogP contribution in [0.15, 0.2) is 11.6 Å². The van der Waals surface area contributed by atoms with Crippen molar-refractivity contribution < 1.29 is 24.8 Å². The molecule has 1 aliphatic rings. The Balaban J connectivity index is 2.84. The van der Waals surface area contributed by atoms with E-state index >= 15 is 0 Å². The lowest BCUT2D eigenvalue weighted by Gasteiger charge is -2.29. The summed E-state index contributed by atoms with van der Waals surface area (Å²) in [5.74, 6) is 0. The second-order valence-electron chi connectivity index (χ2n) is 2.77. The van der Waals surface area contributed by atoms with Gasteiger partial charge in [-0.3, -0.25) is 0 Å². The maximum Gasteiger partial charge on any atom is 0.158 e. The second kappa shape index (κ2) is 3.49. The van der Waals surface area contributed by atoms with Crippen molar-refractivity contribution in [2.24, 2.45) is 0 Å². The molecule has 0 aromatic carbocycles. The van der Waals surface area contributed by atoms with Crippen LogP contribution in [-0.4, -0.2) is 51.5 Å². The maximum absolute atomic E-state index is 12.7. The minimum Gasteiger partial charge on any atom is -0.392 e. The van der Waals surface area contributed by atoms with Gasteiger partial charge in [0.15, 0.2) is 6.17 Å². The molecule has 4 N–H and O–H groups in total. The Labute approximate surface area is 68.6 Å². The van der Waals surface area contributed by atoms with Crippen molar-refractivity contribution in [2.45, 2.75) is 24.5 Å². The van der Waals surface area contributed by atoms with Gasteiger partial charge in [0.2, 0.25) is 0 Å². The van der Waals surface area contributed by atoms with Crippen molar-refractivity contribution >= 4 is 0 Å². The molecular formula is C7H11FO4. The SMILES string of the molecule is OCC1=C[C@@H](O)[C@H](F)[C@@H](O)[C@H]1O. The lowest BCUT2D eigenvalue weighted by atomic mass is 9.91. The molecule has 0 fully saturated rings. The number of rotatable bonds is 1. The zero-order valence-corrected chi connectivity index (χ0v) is 6.26. The molecule has 0 bridgehead atoms. The highest BCUT2D eigenvalue weighted by Crippen LogP contribution is 2.21. The molecule has 0 saturated carbocycles. The van der Waals surface area contributed by atoms with Gasteiger partial charge < -0.3 is 20.4 Å². The number of halogens is 1. The quantitative estimate of drug-likeness (QED) is 0.362. The summed E-state index contributed by atoms with van der Waals surface area (Å²) in [5, 5.41) is 35.6. The van der Waals surface area contributed by atoms with E-state index in [1.807, 2.05) is 0 Å². The van der Waals surface area contributed by atoms with E-state index in [1.54, 1.807) is 0 Å². The lowest BCUT2D eigenvalue weighted by Crippen LogP contribution is -2.46. The van der Waals surface area contributed by atoms with E-state index in [9.17, 15) is 4.39 Å². The molecule has 0 saturated heterocycles. The average Bonchev–Trinajstić information content (AvgIpc) is 2.08. The van der Waals surface area contributed by atoms with Crippen molar-refractivity contribution in [2.75, 3.05) is 6.61 Å². The molecule has 0 spiro atoms. The molecule has 4 atom stereocenters. The van der Waals surface area contributed by atoms with Crippen LogP contribution in [0.3, 0.4) is 0 Å². The van der Waals surface area contributed by atoms with Crippen molar-refractivity contribution in [3.8, 4) is 0 Å². The van der Waals surface area contributed by atoms with Gasteiger partial charge in [0.05, 0.1) is 6.61 Å². The van der Waals surface area contributed by atoms with E-state index in [0.29, 0.717) is 0 Å².